The molecule has 1 aliphatic rings. The molecule has 30 heavy (non-hydrogen) atoms. The zero-order valence-electron chi connectivity index (χ0n) is 16.8. The zero-order chi connectivity index (χ0) is 20.7. The van der Waals surface area contributed by atoms with E-state index in [-0.39, 0.29) is 5.75 Å². The molecule has 4 aromatic rings. The first kappa shape index (κ1) is 19.0. The smallest absolute Gasteiger partial charge is 0.142 e. The predicted octanol–water partition coefficient (Wildman–Crippen LogP) is 5.01. The molecule has 0 spiro atoms. The van der Waals surface area contributed by atoms with E-state index in [1.165, 1.54) is 5.69 Å². The average molecular weight is 419 g/mol. The number of anilines is 1. The average Bonchev–Trinajstić information content (AvgIpc) is 3.18. The van der Waals surface area contributed by atoms with Gasteiger partial charge in [0.15, 0.2) is 0 Å². The molecule has 3 aromatic carbocycles. The van der Waals surface area contributed by atoms with Gasteiger partial charge in [0, 0.05) is 36.9 Å². The van der Waals surface area contributed by atoms with Gasteiger partial charge in [0.25, 0.3) is 0 Å². The van der Waals surface area contributed by atoms with E-state index in [1.54, 1.807) is 6.07 Å². The van der Waals surface area contributed by atoms with Gasteiger partial charge in [-0.25, -0.2) is 4.98 Å². The molecule has 1 aromatic heterocycles. The van der Waals surface area contributed by atoms with Crippen molar-refractivity contribution in [3.8, 4) is 28.3 Å². The van der Waals surface area contributed by atoms with Crippen molar-refractivity contribution in [1.82, 2.24) is 14.9 Å². The number of nitrogens with one attached hydrogen (secondary N) is 1. The molecular weight excluding hydrogens is 396 g/mol. The van der Waals surface area contributed by atoms with Crippen LogP contribution in [0, 0.1) is 0 Å². The fraction of sp³-hybridized carbons (Fsp3) is 0.208. The Morgan fingerprint density at radius 1 is 0.933 bits per heavy atom. The van der Waals surface area contributed by atoms with Crippen molar-refractivity contribution < 1.29 is 5.11 Å². The zero-order valence-corrected chi connectivity index (χ0v) is 17.5. The number of nitrogens with zero attached hydrogens (tertiary/aromatic N) is 3. The number of phenolic OH excluding ortho intramolecular Hbond substituents is 1. The van der Waals surface area contributed by atoms with Gasteiger partial charge in [-0.15, -0.1) is 0 Å². The fourth-order valence-electron chi connectivity index (χ4n) is 3.96. The highest BCUT2D eigenvalue weighted by Crippen LogP contribution is 2.34. The van der Waals surface area contributed by atoms with Gasteiger partial charge in [0.05, 0.1) is 16.6 Å². The van der Waals surface area contributed by atoms with Gasteiger partial charge in [-0.05, 0) is 60.6 Å². The van der Waals surface area contributed by atoms with Gasteiger partial charge >= 0.3 is 0 Å². The van der Waals surface area contributed by atoms with Crippen LogP contribution >= 0.6 is 11.6 Å². The number of piperazine rings is 1. The van der Waals surface area contributed by atoms with Crippen molar-refractivity contribution in [1.29, 1.82) is 0 Å². The number of hydrogen-bond donors (Lipinski definition) is 2. The Balaban J connectivity index is 1.51. The van der Waals surface area contributed by atoms with Crippen LogP contribution in [0.25, 0.3) is 33.5 Å². The highest BCUT2D eigenvalue weighted by molar-refractivity contribution is 6.30. The third-order valence-electron chi connectivity index (χ3n) is 5.74. The SMILES string of the molecule is CN1CCN(c2ccc3nc(-c4cc(-c5cccc(Cl)c5)ccc4O)[nH]c3c2)CC1. The van der Waals surface area contributed by atoms with Crippen molar-refractivity contribution in [2.45, 2.75) is 0 Å². The van der Waals surface area contributed by atoms with Crippen molar-refractivity contribution >= 4 is 28.3 Å². The number of aromatic hydroxyl groups is 1. The largest absolute Gasteiger partial charge is 0.507 e. The van der Waals surface area contributed by atoms with E-state index in [2.05, 4.69) is 34.0 Å². The molecule has 2 heterocycles. The first-order valence-electron chi connectivity index (χ1n) is 10.1. The highest BCUT2D eigenvalue weighted by Gasteiger charge is 2.16. The Hall–Kier alpha value is -3.02. The van der Waals surface area contributed by atoms with Crippen LogP contribution in [0.5, 0.6) is 5.75 Å². The minimum absolute atomic E-state index is 0.194. The van der Waals surface area contributed by atoms with Crippen LogP contribution in [0.4, 0.5) is 5.69 Å². The summed E-state index contributed by atoms with van der Waals surface area (Å²) in [7, 11) is 2.16. The summed E-state index contributed by atoms with van der Waals surface area (Å²) >= 11 is 6.15. The van der Waals surface area contributed by atoms with Crippen LogP contribution in [-0.2, 0) is 0 Å². The van der Waals surface area contributed by atoms with Crippen molar-refractivity contribution in [3.05, 3.63) is 65.7 Å². The summed E-state index contributed by atoms with van der Waals surface area (Å²) in [5, 5.41) is 11.2. The Bertz CT molecular complexity index is 1210. The molecule has 0 unspecified atom stereocenters. The first-order chi connectivity index (χ1) is 14.6. The highest BCUT2D eigenvalue weighted by atomic mass is 35.5. The Morgan fingerprint density at radius 2 is 1.73 bits per heavy atom. The molecule has 0 radical (unpaired) electrons. The number of hydrogen-bond acceptors (Lipinski definition) is 4. The third kappa shape index (κ3) is 3.62. The molecule has 0 bridgehead atoms. The maximum atomic E-state index is 10.5. The molecule has 1 saturated heterocycles. The van der Waals surface area contributed by atoms with E-state index in [0.29, 0.717) is 16.4 Å². The summed E-state index contributed by atoms with van der Waals surface area (Å²) in [5.74, 6) is 0.848. The fourth-order valence-corrected chi connectivity index (χ4v) is 4.15. The standard InChI is InChI=1S/C24H23ClN4O/c1-28-9-11-29(12-10-28)19-6-7-21-22(15-19)27-24(26-21)20-14-17(5-8-23(20)30)16-3-2-4-18(25)13-16/h2-8,13-15,30H,9-12H2,1H3,(H,26,27). The van der Waals surface area contributed by atoms with Crippen LogP contribution in [0.2, 0.25) is 5.02 Å². The number of fused-ring (bicyclic) bond motifs is 1. The lowest BCUT2D eigenvalue weighted by atomic mass is 10.0. The third-order valence-corrected chi connectivity index (χ3v) is 5.98. The number of halogens is 1. The number of aromatic nitrogens is 2. The van der Waals surface area contributed by atoms with Gasteiger partial charge in [0.1, 0.15) is 11.6 Å². The van der Waals surface area contributed by atoms with Gasteiger partial charge < -0.3 is 19.9 Å². The van der Waals surface area contributed by atoms with Crippen LogP contribution < -0.4 is 4.90 Å². The predicted molar refractivity (Wildman–Crippen MR) is 123 cm³/mol. The number of H-pyrrole nitrogens is 1. The second-order valence-corrected chi connectivity index (χ2v) is 8.26. The Kier molecular flexibility index (Phi) is 4.85. The maximum Gasteiger partial charge on any atom is 0.142 e. The molecule has 1 fully saturated rings. The van der Waals surface area contributed by atoms with E-state index in [4.69, 9.17) is 16.6 Å². The second kappa shape index (κ2) is 7.67. The molecule has 0 atom stereocenters. The van der Waals surface area contributed by atoms with Crippen molar-refractivity contribution in [2.24, 2.45) is 0 Å². The molecule has 0 aliphatic carbocycles. The quantitative estimate of drug-likeness (QED) is 0.491. The number of aromatic amines is 1. The van der Waals surface area contributed by atoms with E-state index in [0.717, 1.165) is 48.3 Å². The molecule has 0 saturated carbocycles. The lowest BCUT2D eigenvalue weighted by Crippen LogP contribution is -2.44. The number of rotatable bonds is 3. The Morgan fingerprint density at radius 3 is 2.53 bits per heavy atom. The van der Waals surface area contributed by atoms with Crippen molar-refractivity contribution in [3.63, 3.8) is 0 Å². The summed E-state index contributed by atoms with van der Waals surface area (Å²) < 4.78 is 0. The molecule has 2 N–H and O–H groups in total. The van der Waals surface area contributed by atoms with E-state index < -0.39 is 0 Å². The summed E-state index contributed by atoms with van der Waals surface area (Å²) in [6.07, 6.45) is 0. The molecule has 1 aliphatic heterocycles. The number of imidazole rings is 1. The van der Waals surface area contributed by atoms with Crippen LogP contribution in [0.1, 0.15) is 0 Å². The molecule has 6 heteroatoms. The summed E-state index contributed by atoms with van der Waals surface area (Å²) in [6.45, 7) is 4.17. The minimum Gasteiger partial charge on any atom is -0.507 e. The first-order valence-corrected chi connectivity index (χ1v) is 10.5. The van der Waals surface area contributed by atoms with E-state index in [1.807, 2.05) is 42.5 Å². The van der Waals surface area contributed by atoms with Gasteiger partial charge in [-0.3, -0.25) is 0 Å². The van der Waals surface area contributed by atoms with Gasteiger partial charge in [0.2, 0.25) is 0 Å². The van der Waals surface area contributed by atoms with E-state index in [9.17, 15) is 5.11 Å². The van der Waals surface area contributed by atoms with Gasteiger partial charge in [-0.2, -0.15) is 0 Å². The molecule has 0 amide bonds. The number of phenols is 1. The van der Waals surface area contributed by atoms with Crippen LogP contribution in [0.3, 0.4) is 0 Å². The topological polar surface area (TPSA) is 55.4 Å². The van der Waals surface area contributed by atoms with Crippen molar-refractivity contribution in [2.75, 3.05) is 38.1 Å². The van der Waals surface area contributed by atoms with E-state index >= 15 is 0 Å². The minimum atomic E-state index is 0.194. The maximum absolute atomic E-state index is 10.5. The summed E-state index contributed by atoms with van der Waals surface area (Å²) in [6, 6.07) is 19.5. The second-order valence-electron chi connectivity index (χ2n) is 7.82. The Labute approximate surface area is 180 Å². The molecule has 5 nitrogen and oxygen atoms in total. The lowest BCUT2D eigenvalue weighted by molar-refractivity contribution is 0.313. The summed E-state index contributed by atoms with van der Waals surface area (Å²) in [5.41, 5.74) is 5.69. The molecule has 5 rings (SSSR count). The van der Waals surface area contributed by atoms with Gasteiger partial charge in [-0.1, -0.05) is 29.8 Å². The number of likely N-dealkylation sites (N-methyl/N-ethyl adjacent to an activating group) is 1. The molecular formula is C24H23ClN4O. The monoisotopic (exact) mass is 418 g/mol. The normalized spacial score (nSPS) is 15.1. The van der Waals surface area contributed by atoms with Crippen LogP contribution in [0.15, 0.2) is 60.7 Å². The summed E-state index contributed by atoms with van der Waals surface area (Å²) in [4.78, 5) is 12.9. The van der Waals surface area contributed by atoms with Crippen LogP contribution in [-0.4, -0.2) is 53.2 Å². The lowest BCUT2D eigenvalue weighted by Gasteiger charge is -2.34. The number of benzene rings is 3. The molecule has 152 valence electrons.